The summed E-state index contributed by atoms with van der Waals surface area (Å²) in [5, 5.41) is 1.27. The highest BCUT2D eigenvalue weighted by Gasteiger charge is 2.37. The third kappa shape index (κ3) is 2.30. The lowest BCUT2D eigenvalue weighted by Gasteiger charge is -2.36. The fourth-order valence-corrected chi connectivity index (χ4v) is 4.29. The normalized spacial score (nSPS) is 27.8. The van der Waals surface area contributed by atoms with Gasteiger partial charge in [-0.15, -0.1) is 11.3 Å². The minimum absolute atomic E-state index is 0.143. The predicted octanol–water partition coefficient (Wildman–Crippen LogP) is 4.01. The van der Waals surface area contributed by atoms with Crippen molar-refractivity contribution in [2.75, 3.05) is 6.54 Å². The summed E-state index contributed by atoms with van der Waals surface area (Å²) in [5.74, 6) is 0.844. The first-order valence-electron chi connectivity index (χ1n) is 7.21. The van der Waals surface area contributed by atoms with Gasteiger partial charge in [-0.3, -0.25) is 0 Å². The fourth-order valence-electron chi connectivity index (χ4n) is 3.08. The Morgan fingerprint density at radius 3 is 2.79 bits per heavy atom. The van der Waals surface area contributed by atoms with E-state index in [9.17, 15) is 0 Å². The Bertz CT molecular complexity index is 579. The van der Waals surface area contributed by atoms with Gasteiger partial charge in [0.1, 0.15) is 5.01 Å². The second-order valence-electron chi connectivity index (χ2n) is 6.16. The molecule has 1 aliphatic carbocycles. The lowest BCUT2D eigenvalue weighted by Crippen LogP contribution is -2.38. The Labute approximate surface area is 119 Å². The molecule has 3 heteroatoms. The number of benzene rings is 1. The molecule has 19 heavy (non-hydrogen) atoms. The first kappa shape index (κ1) is 13.1. The van der Waals surface area contributed by atoms with E-state index in [1.807, 2.05) is 11.3 Å². The molecule has 2 aromatic rings. The second kappa shape index (κ2) is 4.88. The van der Waals surface area contributed by atoms with Gasteiger partial charge in [0.2, 0.25) is 0 Å². The van der Waals surface area contributed by atoms with Crippen LogP contribution in [0.5, 0.6) is 0 Å². The summed E-state index contributed by atoms with van der Waals surface area (Å²) in [6.07, 6.45) is 4.96. The Kier molecular flexibility index (Phi) is 3.35. The van der Waals surface area contributed by atoms with Gasteiger partial charge in [0.05, 0.1) is 10.2 Å². The van der Waals surface area contributed by atoms with Gasteiger partial charge in [-0.25, -0.2) is 4.98 Å². The van der Waals surface area contributed by atoms with E-state index in [1.165, 1.54) is 41.0 Å². The second-order valence-corrected chi connectivity index (χ2v) is 7.19. The van der Waals surface area contributed by atoms with Crippen LogP contribution in [0.1, 0.15) is 43.2 Å². The highest BCUT2D eigenvalue weighted by molar-refractivity contribution is 7.18. The highest BCUT2D eigenvalue weighted by Crippen LogP contribution is 2.43. The summed E-state index contributed by atoms with van der Waals surface area (Å²) in [6, 6.07) is 6.55. The highest BCUT2D eigenvalue weighted by atomic mass is 32.1. The molecule has 0 radical (unpaired) electrons. The summed E-state index contributed by atoms with van der Waals surface area (Å²) in [5.41, 5.74) is 8.70. The minimum atomic E-state index is 0.143. The Balaban J connectivity index is 2.01. The zero-order valence-corrected chi connectivity index (χ0v) is 12.6. The minimum Gasteiger partial charge on any atom is -0.329 e. The Morgan fingerprint density at radius 1 is 1.37 bits per heavy atom. The number of rotatable bonds is 2. The molecule has 0 saturated heterocycles. The number of nitrogens with two attached hydrogens (primary N) is 1. The molecule has 1 saturated carbocycles. The average molecular weight is 274 g/mol. The van der Waals surface area contributed by atoms with Gasteiger partial charge in [-0.2, -0.15) is 0 Å². The number of aromatic nitrogens is 1. The van der Waals surface area contributed by atoms with Gasteiger partial charge in [0.15, 0.2) is 0 Å². The van der Waals surface area contributed by atoms with E-state index in [0.29, 0.717) is 0 Å². The Hall–Kier alpha value is -0.930. The third-order valence-electron chi connectivity index (χ3n) is 4.62. The van der Waals surface area contributed by atoms with E-state index >= 15 is 0 Å². The maximum atomic E-state index is 6.13. The van der Waals surface area contributed by atoms with Gasteiger partial charge in [0, 0.05) is 12.0 Å². The number of aryl methyl sites for hydroxylation is 1. The molecule has 1 aromatic carbocycles. The molecule has 102 valence electrons. The number of hydrogen-bond donors (Lipinski definition) is 1. The molecule has 1 aliphatic rings. The van der Waals surface area contributed by atoms with Crippen molar-refractivity contribution in [3.63, 3.8) is 0 Å². The van der Waals surface area contributed by atoms with Gasteiger partial charge < -0.3 is 5.73 Å². The van der Waals surface area contributed by atoms with Crippen LogP contribution in [0.2, 0.25) is 0 Å². The topological polar surface area (TPSA) is 38.9 Å². The molecular formula is C16H22N2S. The smallest absolute Gasteiger partial charge is 0.101 e. The summed E-state index contributed by atoms with van der Waals surface area (Å²) in [6.45, 7) is 5.21. The van der Waals surface area contributed by atoms with Crippen molar-refractivity contribution in [2.45, 2.75) is 44.9 Å². The van der Waals surface area contributed by atoms with Crippen molar-refractivity contribution in [3.05, 3.63) is 28.8 Å². The fraction of sp³-hybridized carbons (Fsp3) is 0.562. The molecule has 2 N–H and O–H groups in total. The molecule has 1 fully saturated rings. The van der Waals surface area contributed by atoms with Crippen LogP contribution in [-0.4, -0.2) is 11.5 Å². The number of hydrogen-bond acceptors (Lipinski definition) is 3. The standard InChI is InChI=1S/C16H22N2S/c1-11-5-7-16(10-17,8-6-11)15-18-13-9-12(2)3-4-14(13)19-15/h3-4,9,11H,5-8,10,17H2,1-2H3. The van der Waals surface area contributed by atoms with Crippen molar-refractivity contribution >= 4 is 21.6 Å². The first-order chi connectivity index (χ1) is 9.13. The predicted molar refractivity (Wildman–Crippen MR) is 82.7 cm³/mol. The summed E-state index contributed by atoms with van der Waals surface area (Å²) >= 11 is 1.85. The van der Waals surface area contributed by atoms with Crippen LogP contribution in [0.3, 0.4) is 0 Å². The lowest BCUT2D eigenvalue weighted by molar-refractivity contribution is 0.247. The van der Waals surface area contributed by atoms with Gasteiger partial charge in [-0.1, -0.05) is 13.0 Å². The van der Waals surface area contributed by atoms with Crippen molar-refractivity contribution in [2.24, 2.45) is 11.7 Å². The van der Waals surface area contributed by atoms with Gasteiger partial charge >= 0.3 is 0 Å². The van der Waals surface area contributed by atoms with E-state index in [1.54, 1.807) is 0 Å². The van der Waals surface area contributed by atoms with E-state index in [2.05, 4.69) is 32.0 Å². The van der Waals surface area contributed by atoms with Gasteiger partial charge in [-0.05, 0) is 56.2 Å². The first-order valence-corrected chi connectivity index (χ1v) is 8.02. The number of nitrogens with zero attached hydrogens (tertiary/aromatic N) is 1. The van der Waals surface area contributed by atoms with Crippen LogP contribution >= 0.6 is 11.3 Å². The van der Waals surface area contributed by atoms with Crippen LogP contribution in [-0.2, 0) is 5.41 Å². The molecule has 0 bridgehead atoms. The van der Waals surface area contributed by atoms with E-state index in [4.69, 9.17) is 10.7 Å². The van der Waals surface area contributed by atoms with Crippen molar-refractivity contribution in [3.8, 4) is 0 Å². The molecule has 3 rings (SSSR count). The SMILES string of the molecule is Cc1ccc2sc(C3(CN)CCC(C)CC3)nc2c1. The van der Waals surface area contributed by atoms with Gasteiger partial charge in [0.25, 0.3) is 0 Å². The number of thiazole rings is 1. The monoisotopic (exact) mass is 274 g/mol. The molecule has 2 nitrogen and oxygen atoms in total. The average Bonchev–Trinajstić information content (AvgIpc) is 2.83. The molecule has 1 heterocycles. The summed E-state index contributed by atoms with van der Waals surface area (Å²) in [7, 11) is 0. The van der Waals surface area contributed by atoms with Crippen molar-refractivity contribution in [1.29, 1.82) is 0 Å². The number of fused-ring (bicyclic) bond motifs is 1. The van der Waals surface area contributed by atoms with Crippen LogP contribution in [0.15, 0.2) is 18.2 Å². The van der Waals surface area contributed by atoms with Crippen LogP contribution in [0.4, 0.5) is 0 Å². The van der Waals surface area contributed by atoms with Crippen LogP contribution in [0.25, 0.3) is 10.2 Å². The molecule has 0 aliphatic heterocycles. The Morgan fingerprint density at radius 2 is 2.11 bits per heavy atom. The molecular weight excluding hydrogens is 252 g/mol. The zero-order chi connectivity index (χ0) is 13.5. The van der Waals surface area contributed by atoms with Crippen molar-refractivity contribution < 1.29 is 0 Å². The maximum absolute atomic E-state index is 6.13. The van der Waals surface area contributed by atoms with Crippen LogP contribution in [0, 0.1) is 12.8 Å². The maximum Gasteiger partial charge on any atom is 0.101 e. The van der Waals surface area contributed by atoms with E-state index < -0.39 is 0 Å². The molecule has 0 amide bonds. The van der Waals surface area contributed by atoms with Crippen LogP contribution < -0.4 is 5.73 Å². The molecule has 0 spiro atoms. The molecule has 0 atom stereocenters. The van der Waals surface area contributed by atoms with Crippen molar-refractivity contribution in [1.82, 2.24) is 4.98 Å². The summed E-state index contributed by atoms with van der Waals surface area (Å²) in [4.78, 5) is 4.90. The summed E-state index contributed by atoms with van der Waals surface area (Å²) < 4.78 is 1.30. The van der Waals surface area contributed by atoms with E-state index in [-0.39, 0.29) is 5.41 Å². The lowest BCUT2D eigenvalue weighted by atomic mass is 9.71. The van der Waals surface area contributed by atoms with E-state index in [0.717, 1.165) is 18.0 Å². The zero-order valence-electron chi connectivity index (χ0n) is 11.8. The molecule has 0 unspecified atom stereocenters. The quantitative estimate of drug-likeness (QED) is 0.898. The largest absolute Gasteiger partial charge is 0.329 e. The third-order valence-corrected chi connectivity index (χ3v) is 5.90. The molecule has 1 aromatic heterocycles.